The Morgan fingerprint density at radius 3 is 2.57 bits per heavy atom. The van der Waals surface area contributed by atoms with Crippen LogP contribution in [0.3, 0.4) is 0 Å². The second kappa shape index (κ2) is 8.85. The number of nitrogens with zero attached hydrogens (tertiary/aromatic N) is 4. The van der Waals surface area contributed by atoms with E-state index in [-0.39, 0.29) is 11.5 Å². The molecule has 1 N–H and O–H groups in total. The minimum absolute atomic E-state index is 0.118. The van der Waals surface area contributed by atoms with Gasteiger partial charge in [-0.2, -0.15) is 0 Å². The highest BCUT2D eigenvalue weighted by molar-refractivity contribution is 7.17. The van der Waals surface area contributed by atoms with Gasteiger partial charge in [0.25, 0.3) is 5.56 Å². The highest BCUT2D eigenvalue weighted by Gasteiger charge is 2.21. The molecule has 0 aliphatic carbocycles. The number of carbonyl (C=O) groups is 1. The summed E-state index contributed by atoms with van der Waals surface area (Å²) in [6, 6.07) is 7.52. The van der Waals surface area contributed by atoms with Gasteiger partial charge in [-0.15, -0.1) is 11.3 Å². The molecule has 158 valence electrons. The van der Waals surface area contributed by atoms with Gasteiger partial charge >= 0.3 is 0 Å². The van der Waals surface area contributed by atoms with Crippen molar-refractivity contribution in [2.45, 2.75) is 6.54 Å². The summed E-state index contributed by atoms with van der Waals surface area (Å²) in [5.41, 5.74) is 1.52. The third-order valence-electron chi connectivity index (χ3n) is 5.35. The lowest BCUT2D eigenvalue weighted by molar-refractivity contribution is -0.130. The molecule has 1 aliphatic rings. The van der Waals surface area contributed by atoms with Gasteiger partial charge in [0.15, 0.2) is 0 Å². The zero-order valence-corrected chi connectivity index (χ0v) is 18.6. The van der Waals surface area contributed by atoms with Gasteiger partial charge in [-0.25, -0.2) is 4.98 Å². The van der Waals surface area contributed by atoms with Crippen molar-refractivity contribution in [3.05, 3.63) is 50.8 Å². The first-order valence-electron chi connectivity index (χ1n) is 9.82. The maximum Gasteiger partial charge on any atom is 0.260 e. The Morgan fingerprint density at radius 2 is 1.87 bits per heavy atom. The number of carbonyl (C=O) groups excluding carboxylic acids is 1. The molecular weight excluding hydrogens is 422 g/mol. The van der Waals surface area contributed by atoms with Crippen LogP contribution >= 0.6 is 22.9 Å². The molecule has 1 amide bonds. The van der Waals surface area contributed by atoms with E-state index in [1.807, 2.05) is 29.6 Å². The first-order chi connectivity index (χ1) is 14.4. The number of amides is 1. The highest BCUT2D eigenvalue weighted by Crippen LogP contribution is 2.34. The maximum atomic E-state index is 12.8. The Hall–Kier alpha value is -2.26. The van der Waals surface area contributed by atoms with Crippen LogP contribution in [-0.2, 0) is 11.3 Å². The number of hydrogen-bond donors (Lipinski definition) is 1. The van der Waals surface area contributed by atoms with Gasteiger partial charge in [0.2, 0.25) is 5.91 Å². The van der Waals surface area contributed by atoms with Crippen molar-refractivity contribution in [2.75, 3.05) is 46.8 Å². The summed E-state index contributed by atoms with van der Waals surface area (Å²) in [6.07, 6.45) is 0. The average molecular weight is 446 g/mol. The number of hydrogen-bond acceptors (Lipinski definition) is 6. The van der Waals surface area contributed by atoms with Crippen LogP contribution in [0.5, 0.6) is 0 Å². The molecule has 3 aromatic rings. The lowest BCUT2D eigenvalue weighted by Gasteiger charge is -2.34. The van der Waals surface area contributed by atoms with E-state index in [0.29, 0.717) is 29.3 Å². The Kier molecular flexibility index (Phi) is 6.19. The van der Waals surface area contributed by atoms with Crippen LogP contribution in [0, 0.1) is 0 Å². The third-order valence-corrected chi connectivity index (χ3v) is 6.55. The monoisotopic (exact) mass is 445 g/mol. The lowest BCUT2D eigenvalue weighted by atomic mass is 10.1. The smallest absolute Gasteiger partial charge is 0.260 e. The Balaban J connectivity index is 1.47. The van der Waals surface area contributed by atoms with Gasteiger partial charge in [0, 0.05) is 61.8 Å². The van der Waals surface area contributed by atoms with Gasteiger partial charge in [0.1, 0.15) is 10.7 Å². The van der Waals surface area contributed by atoms with E-state index in [1.54, 1.807) is 19.0 Å². The molecule has 0 unspecified atom stereocenters. The molecule has 4 rings (SSSR count). The zero-order valence-electron chi connectivity index (χ0n) is 17.0. The molecular formula is C21H24ClN5O2S. The Labute approximate surface area is 183 Å². The fourth-order valence-corrected chi connectivity index (χ4v) is 4.79. The Morgan fingerprint density at radius 1 is 1.17 bits per heavy atom. The van der Waals surface area contributed by atoms with E-state index in [9.17, 15) is 9.59 Å². The van der Waals surface area contributed by atoms with Gasteiger partial charge in [0.05, 0.1) is 18.5 Å². The zero-order chi connectivity index (χ0) is 21.3. The normalized spacial score (nSPS) is 15.6. The number of benzene rings is 1. The quantitative estimate of drug-likeness (QED) is 0.653. The molecule has 9 heteroatoms. The first-order valence-corrected chi connectivity index (χ1v) is 11.1. The van der Waals surface area contributed by atoms with Gasteiger partial charge in [-0.05, 0) is 6.07 Å². The summed E-state index contributed by atoms with van der Waals surface area (Å²) in [6.45, 7) is 4.33. The standard InChI is InChI=1S/C21H24ClN5O2S/c1-25(2)18(28)12-27-9-7-26(8-10-27)11-17-23-20(29)19-15(13-30-21(19)24-17)14-5-3-4-6-16(14)22/h3-6,13H,7-12H2,1-2H3,(H,23,24,29). The number of likely N-dealkylation sites (N-methyl/N-ethyl adjacent to an activating group) is 1. The van der Waals surface area contributed by atoms with Crippen LogP contribution in [-0.4, -0.2) is 77.4 Å². The molecule has 0 bridgehead atoms. The highest BCUT2D eigenvalue weighted by atomic mass is 35.5. The van der Waals surface area contributed by atoms with Crippen molar-refractivity contribution >= 4 is 39.1 Å². The first kappa shape index (κ1) is 21.0. The number of thiophene rings is 1. The van der Waals surface area contributed by atoms with Crippen LogP contribution < -0.4 is 5.56 Å². The van der Waals surface area contributed by atoms with Gasteiger partial charge in [-0.3, -0.25) is 19.4 Å². The maximum absolute atomic E-state index is 12.8. The molecule has 0 atom stereocenters. The predicted molar refractivity (Wildman–Crippen MR) is 121 cm³/mol. The number of aromatic nitrogens is 2. The molecule has 30 heavy (non-hydrogen) atoms. The van der Waals surface area contributed by atoms with E-state index in [1.165, 1.54) is 11.3 Å². The van der Waals surface area contributed by atoms with Gasteiger partial charge < -0.3 is 9.88 Å². The van der Waals surface area contributed by atoms with Crippen LogP contribution in [0.1, 0.15) is 5.82 Å². The average Bonchev–Trinajstić information content (AvgIpc) is 3.14. The second-order valence-electron chi connectivity index (χ2n) is 7.66. The summed E-state index contributed by atoms with van der Waals surface area (Å²) < 4.78 is 0. The summed E-state index contributed by atoms with van der Waals surface area (Å²) in [4.78, 5) is 39.1. The number of halogens is 1. The van der Waals surface area contributed by atoms with Crippen molar-refractivity contribution in [3.8, 4) is 11.1 Å². The second-order valence-corrected chi connectivity index (χ2v) is 8.93. The van der Waals surface area contributed by atoms with Crippen molar-refractivity contribution < 1.29 is 4.79 Å². The minimum atomic E-state index is -0.138. The van der Waals surface area contributed by atoms with Crippen molar-refractivity contribution in [3.63, 3.8) is 0 Å². The van der Waals surface area contributed by atoms with E-state index >= 15 is 0 Å². The van der Waals surface area contributed by atoms with Crippen molar-refractivity contribution in [2.24, 2.45) is 0 Å². The fourth-order valence-electron chi connectivity index (χ4n) is 3.60. The molecule has 0 saturated carbocycles. The number of rotatable bonds is 5. The summed E-state index contributed by atoms with van der Waals surface area (Å²) >= 11 is 7.79. The molecule has 7 nitrogen and oxygen atoms in total. The van der Waals surface area contributed by atoms with E-state index in [4.69, 9.17) is 16.6 Å². The third kappa shape index (κ3) is 4.41. The van der Waals surface area contributed by atoms with Crippen molar-refractivity contribution in [1.29, 1.82) is 0 Å². The number of piperazine rings is 1. The molecule has 1 aliphatic heterocycles. The summed E-state index contributed by atoms with van der Waals surface area (Å²) in [7, 11) is 3.55. The summed E-state index contributed by atoms with van der Waals surface area (Å²) in [5, 5.41) is 3.15. The number of aromatic amines is 1. The minimum Gasteiger partial charge on any atom is -0.348 e. The van der Waals surface area contributed by atoms with Gasteiger partial charge in [-0.1, -0.05) is 29.8 Å². The Bertz CT molecular complexity index is 1120. The van der Waals surface area contributed by atoms with Crippen LogP contribution in [0.25, 0.3) is 21.3 Å². The lowest BCUT2D eigenvalue weighted by Crippen LogP contribution is -2.49. The number of fused-ring (bicyclic) bond motifs is 1. The largest absolute Gasteiger partial charge is 0.348 e. The predicted octanol–water partition coefficient (Wildman–Crippen LogP) is 2.51. The van der Waals surface area contributed by atoms with E-state index < -0.39 is 0 Å². The molecule has 2 aromatic heterocycles. The fraction of sp³-hybridized carbons (Fsp3) is 0.381. The topological polar surface area (TPSA) is 72.5 Å². The van der Waals surface area contributed by atoms with E-state index in [2.05, 4.69) is 14.8 Å². The number of nitrogens with one attached hydrogen (secondary N) is 1. The molecule has 0 spiro atoms. The SMILES string of the molecule is CN(C)C(=O)CN1CCN(Cc2nc3scc(-c4ccccc4Cl)c3c(=O)[nH]2)CC1. The molecule has 0 radical (unpaired) electrons. The molecule has 3 heterocycles. The molecule has 1 saturated heterocycles. The van der Waals surface area contributed by atoms with Crippen LogP contribution in [0.4, 0.5) is 0 Å². The van der Waals surface area contributed by atoms with E-state index in [0.717, 1.165) is 42.1 Å². The summed E-state index contributed by atoms with van der Waals surface area (Å²) in [5.74, 6) is 0.782. The molecule has 1 fully saturated rings. The van der Waals surface area contributed by atoms with Crippen LogP contribution in [0.2, 0.25) is 5.02 Å². The number of H-pyrrole nitrogens is 1. The van der Waals surface area contributed by atoms with Crippen molar-refractivity contribution in [1.82, 2.24) is 24.7 Å². The molecule has 1 aromatic carbocycles. The van der Waals surface area contributed by atoms with Crippen LogP contribution in [0.15, 0.2) is 34.4 Å².